The Balaban J connectivity index is 0.00000112. The average Bonchev–Trinajstić information content (AvgIpc) is 2.18. The predicted molar refractivity (Wildman–Crippen MR) is 61.4 cm³/mol. The highest BCUT2D eigenvalue weighted by molar-refractivity contribution is 5.81. The van der Waals surface area contributed by atoms with Crippen molar-refractivity contribution in [2.75, 3.05) is 0 Å². The molecule has 0 radical (unpaired) electrons. The zero-order valence-corrected chi connectivity index (χ0v) is 8.00. The molecule has 1 heterocycles. The average molecular weight is 187 g/mol. The number of pyridine rings is 1. The Labute approximate surface area is 83.4 Å². The molecule has 2 rings (SSSR count). The van der Waals surface area contributed by atoms with Gasteiger partial charge in [-0.15, -0.1) is 0 Å². The Morgan fingerprint density at radius 3 is 2.86 bits per heavy atom. The predicted octanol–water partition coefficient (Wildman–Crippen LogP) is 2.81. The van der Waals surface area contributed by atoms with Crippen LogP contribution in [0, 0.1) is 0 Å². The molecule has 14 heavy (non-hydrogen) atoms. The van der Waals surface area contributed by atoms with Gasteiger partial charge in [0.15, 0.2) is 5.43 Å². The van der Waals surface area contributed by atoms with Crippen molar-refractivity contribution < 1.29 is 1.43 Å². The Morgan fingerprint density at radius 1 is 1.43 bits per heavy atom. The number of hydrogen-bond acceptors (Lipinski definition) is 1. The molecule has 0 spiro atoms. The summed E-state index contributed by atoms with van der Waals surface area (Å²) in [5.41, 5.74) is 2.36. The summed E-state index contributed by atoms with van der Waals surface area (Å²) in [6, 6.07) is 7.47. The quantitative estimate of drug-likeness (QED) is 0.731. The summed E-state index contributed by atoms with van der Waals surface area (Å²) in [6.45, 7) is 5.61. The first-order valence-electron chi connectivity index (χ1n) is 4.46. The highest BCUT2D eigenvalue weighted by Crippen LogP contribution is 2.11. The number of benzene rings is 1. The van der Waals surface area contributed by atoms with Gasteiger partial charge in [-0.3, -0.25) is 4.79 Å². The van der Waals surface area contributed by atoms with Crippen molar-refractivity contribution in [3.63, 3.8) is 0 Å². The van der Waals surface area contributed by atoms with E-state index in [1.54, 1.807) is 6.20 Å². The van der Waals surface area contributed by atoms with Gasteiger partial charge in [0.25, 0.3) is 0 Å². The highest BCUT2D eigenvalue weighted by atomic mass is 16.1. The number of para-hydroxylation sites is 1. The van der Waals surface area contributed by atoms with Crippen molar-refractivity contribution >= 4 is 16.5 Å². The number of H-pyrrole nitrogens is 1. The summed E-state index contributed by atoms with van der Waals surface area (Å²) in [6.07, 6.45) is 1.72. The van der Waals surface area contributed by atoms with Crippen LogP contribution in [0.3, 0.4) is 0 Å². The number of hydrogen-bond donors (Lipinski definition) is 1. The van der Waals surface area contributed by atoms with Crippen LogP contribution < -0.4 is 5.43 Å². The third-order valence-corrected chi connectivity index (χ3v) is 2.25. The van der Waals surface area contributed by atoms with Gasteiger partial charge >= 0.3 is 0 Å². The molecular formula is C12H13NO. The number of allylic oxidation sites excluding steroid dienone is 1. The van der Waals surface area contributed by atoms with Crippen molar-refractivity contribution in [3.8, 4) is 0 Å². The van der Waals surface area contributed by atoms with E-state index >= 15 is 0 Å². The van der Waals surface area contributed by atoms with Gasteiger partial charge < -0.3 is 4.98 Å². The van der Waals surface area contributed by atoms with Gasteiger partial charge in [0.05, 0.1) is 0 Å². The van der Waals surface area contributed by atoms with Crippen molar-refractivity contribution in [2.24, 2.45) is 0 Å². The maximum atomic E-state index is 11.9. The van der Waals surface area contributed by atoms with Crippen LogP contribution in [0.5, 0.6) is 0 Å². The topological polar surface area (TPSA) is 32.9 Å². The zero-order valence-electron chi connectivity index (χ0n) is 8.00. The van der Waals surface area contributed by atoms with Crippen LogP contribution in [0.2, 0.25) is 0 Å². The van der Waals surface area contributed by atoms with Crippen LogP contribution in [0.25, 0.3) is 16.5 Å². The third-order valence-electron chi connectivity index (χ3n) is 2.25. The minimum absolute atomic E-state index is 0. The normalized spacial score (nSPS) is 10.4. The molecule has 2 heteroatoms. The number of nitrogens with one attached hydrogen (secondary N) is 1. The van der Waals surface area contributed by atoms with Crippen LogP contribution in [0.1, 0.15) is 13.9 Å². The molecule has 2 nitrogen and oxygen atoms in total. The van der Waals surface area contributed by atoms with Gasteiger partial charge in [0.2, 0.25) is 0 Å². The van der Waals surface area contributed by atoms with Crippen LogP contribution in [0.4, 0.5) is 0 Å². The Morgan fingerprint density at radius 2 is 2.14 bits per heavy atom. The molecule has 0 atom stereocenters. The number of aromatic nitrogens is 1. The monoisotopic (exact) mass is 187 g/mol. The summed E-state index contributed by atoms with van der Waals surface area (Å²) in [7, 11) is 0. The lowest BCUT2D eigenvalue weighted by molar-refractivity contribution is 1.35. The third kappa shape index (κ3) is 1.25. The van der Waals surface area contributed by atoms with Crippen LogP contribution in [-0.2, 0) is 0 Å². The minimum Gasteiger partial charge on any atom is -0.360 e. The van der Waals surface area contributed by atoms with Crippen molar-refractivity contribution in [1.29, 1.82) is 0 Å². The smallest absolute Gasteiger partial charge is 0.196 e. The van der Waals surface area contributed by atoms with E-state index in [-0.39, 0.29) is 6.86 Å². The van der Waals surface area contributed by atoms with Gasteiger partial charge in [-0.05, 0) is 24.6 Å². The first kappa shape index (κ1) is 8.75. The molecule has 0 saturated heterocycles. The van der Waals surface area contributed by atoms with Crippen LogP contribution >= 0.6 is 0 Å². The lowest BCUT2D eigenvalue weighted by atomic mass is 10.1. The van der Waals surface area contributed by atoms with E-state index in [4.69, 9.17) is 0 Å². The van der Waals surface area contributed by atoms with Gasteiger partial charge in [0, 0.05) is 24.1 Å². The Bertz CT molecular complexity index is 557. The minimum atomic E-state index is 0. The van der Waals surface area contributed by atoms with E-state index in [9.17, 15) is 4.79 Å². The summed E-state index contributed by atoms with van der Waals surface area (Å²) in [5.74, 6) is 0. The molecule has 1 N–H and O–H groups in total. The van der Waals surface area contributed by atoms with E-state index in [1.165, 1.54) is 0 Å². The summed E-state index contributed by atoms with van der Waals surface area (Å²) >= 11 is 0. The molecule has 2 aromatic rings. The molecule has 72 valence electrons. The fraction of sp³-hybridized carbons (Fsp3) is 0.0833. The molecule has 0 aliphatic heterocycles. The molecule has 0 saturated carbocycles. The molecular weight excluding hydrogens is 174 g/mol. The number of aromatic amines is 1. The summed E-state index contributed by atoms with van der Waals surface area (Å²) in [5, 5.41) is 0.716. The fourth-order valence-corrected chi connectivity index (χ4v) is 1.48. The highest BCUT2D eigenvalue weighted by Gasteiger charge is 2.03. The largest absolute Gasteiger partial charge is 0.360 e. The standard InChI is InChI=1S/C12H11NO.H2/c1-8(2)10-7-13-11-6-4-3-5-9(11)12(10)14;/h3-7H,1H2,2H3,(H,13,14);1H. The molecule has 0 aliphatic carbocycles. The van der Waals surface area contributed by atoms with Crippen molar-refractivity contribution in [3.05, 3.63) is 52.8 Å². The number of rotatable bonds is 1. The zero-order chi connectivity index (χ0) is 10.1. The molecule has 0 amide bonds. The maximum absolute atomic E-state index is 11.9. The van der Waals surface area contributed by atoms with Crippen LogP contribution in [0.15, 0.2) is 41.8 Å². The summed E-state index contributed by atoms with van der Waals surface area (Å²) < 4.78 is 0. The second kappa shape index (κ2) is 3.14. The Kier molecular flexibility index (Phi) is 1.97. The van der Waals surface area contributed by atoms with Crippen molar-refractivity contribution in [1.82, 2.24) is 4.98 Å². The first-order valence-corrected chi connectivity index (χ1v) is 4.46. The second-order valence-electron chi connectivity index (χ2n) is 3.36. The van der Waals surface area contributed by atoms with E-state index in [1.807, 2.05) is 31.2 Å². The molecule has 0 fully saturated rings. The number of fused-ring (bicyclic) bond motifs is 1. The van der Waals surface area contributed by atoms with Crippen molar-refractivity contribution in [2.45, 2.75) is 6.92 Å². The molecule has 0 bridgehead atoms. The van der Waals surface area contributed by atoms with E-state index in [0.717, 1.165) is 11.1 Å². The lowest BCUT2D eigenvalue weighted by Gasteiger charge is -2.01. The lowest BCUT2D eigenvalue weighted by Crippen LogP contribution is -2.07. The molecule has 1 aromatic heterocycles. The van der Waals surface area contributed by atoms with Gasteiger partial charge in [-0.1, -0.05) is 18.7 Å². The van der Waals surface area contributed by atoms with Gasteiger partial charge in [-0.2, -0.15) is 0 Å². The summed E-state index contributed by atoms with van der Waals surface area (Å²) in [4.78, 5) is 15.0. The van der Waals surface area contributed by atoms with Crippen LogP contribution in [-0.4, -0.2) is 4.98 Å². The van der Waals surface area contributed by atoms with E-state index < -0.39 is 0 Å². The van der Waals surface area contributed by atoms with Gasteiger partial charge in [0.1, 0.15) is 0 Å². The Hall–Kier alpha value is -1.83. The maximum Gasteiger partial charge on any atom is 0.196 e. The van der Waals surface area contributed by atoms with E-state index in [2.05, 4.69) is 11.6 Å². The fourth-order valence-electron chi connectivity index (χ4n) is 1.48. The molecule has 0 aliphatic rings. The molecule has 0 unspecified atom stereocenters. The SMILES string of the molecule is C=C(C)c1c[nH]c2ccccc2c1=O.[HH]. The van der Waals surface area contributed by atoms with E-state index in [0.29, 0.717) is 10.9 Å². The van der Waals surface area contributed by atoms with Gasteiger partial charge in [-0.25, -0.2) is 0 Å². The second-order valence-corrected chi connectivity index (χ2v) is 3.36. The first-order chi connectivity index (χ1) is 6.70. The molecule has 1 aromatic carbocycles.